The summed E-state index contributed by atoms with van der Waals surface area (Å²) in [6.07, 6.45) is 0. The number of ether oxygens (including phenoxy) is 1. The Morgan fingerprint density at radius 2 is 1.67 bits per heavy atom. The van der Waals surface area contributed by atoms with Crippen LogP contribution in [0.1, 0.15) is 12.5 Å². The molecule has 0 bridgehead atoms. The first-order chi connectivity index (χ1) is 13.1. The summed E-state index contributed by atoms with van der Waals surface area (Å²) in [6.45, 7) is 1.61. The number of rotatable bonds is 6. The molecule has 136 valence electrons. The molecule has 3 rings (SSSR count). The van der Waals surface area contributed by atoms with Crippen molar-refractivity contribution in [1.29, 1.82) is 0 Å². The lowest BCUT2D eigenvalue weighted by molar-refractivity contribution is -0.123. The maximum atomic E-state index is 11.9. The van der Waals surface area contributed by atoms with E-state index in [4.69, 9.17) is 4.74 Å². The van der Waals surface area contributed by atoms with Crippen molar-refractivity contribution in [1.82, 2.24) is 5.43 Å². The average Bonchev–Trinajstić information content (AvgIpc) is 2.71. The fourth-order valence-electron chi connectivity index (χ4n) is 2.50. The molecule has 5 heteroatoms. The first kappa shape index (κ1) is 18.2. The van der Waals surface area contributed by atoms with E-state index in [1.54, 1.807) is 31.2 Å². The van der Waals surface area contributed by atoms with Crippen molar-refractivity contribution in [3.8, 4) is 22.6 Å². The predicted octanol–water partition coefficient (Wildman–Crippen LogP) is 3.98. The molecule has 2 N–H and O–H groups in total. The van der Waals surface area contributed by atoms with E-state index in [1.807, 2.05) is 54.6 Å². The van der Waals surface area contributed by atoms with Gasteiger partial charge in [-0.3, -0.25) is 4.79 Å². The van der Waals surface area contributed by atoms with Crippen LogP contribution in [0.5, 0.6) is 11.5 Å². The zero-order valence-corrected chi connectivity index (χ0v) is 14.9. The molecule has 0 spiro atoms. The van der Waals surface area contributed by atoms with Gasteiger partial charge in [0, 0.05) is 5.56 Å². The lowest BCUT2D eigenvalue weighted by Crippen LogP contribution is -2.25. The van der Waals surface area contributed by atoms with Crippen LogP contribution in [0, 0.1) is 0 Å². The molecule has 3 aromatic rings. The van der Waals surface area contributed by atoms with Gasteiger partial charge in [-0.1, -0.05) is 54.6 Å². The van der Waals surface area contributed by atoms with Crippen LogP contribution in [0.25, 0.3) is 11.1 Å². The number of hydrogen-bond donors (Lipinski definition) is 2. The highest BCUT2D eigenvalue weighted by Crippen LogP contribution is 2.21. The average molecular weight is 360 g/mol. The highest BCUT2D eigenvalue weighted by Gasteiger charge is 2.04. The van der Waals surface area contributed by atoms with Gasteiger partial charge in [0.2, 0.25) is 0 Å². The van der Waals surface area contributed by atoms with Gasteiger partial charge in [0.1, 0.15) is 11.5 Å². The number of benzene rings is 3. The van der Waals surface area contributed by atoms with E-state index in [9.17, 15) is 9.90 Å². The third kappa shape index (κ3) is 5.19. The Morgan fingerprint density at radius 1 is 0.963 bits per heavy atom. The number of phenols is 1. The van der Waals surface area contributed by atoms with Gasteiger partial charge in [-0.25, -0.2) is 5.43 Å². The smallest absolute Gasteiger partial charge is 0.277 e. The summed E-state index contributed by atoms with van der Waals surface area (Å²) in [6, 6.07) is 24.3. The van der Waals surface area contributed by atoms with E-state index in [0.29, 0.717) is 11.5 Å². The van der Waals surface area contributed by atoms with Crippen molar-refractivity contribution in [3.63, 3.8) is 0 Å². The summed E-state index contributed by atoms with van der Waals surface area (Å²) in [5.41, 5.74) is 5.97. The Hall–Kier alpha value is -3.60. The first-order valence-electron chi connectivity index (χ1n) is 8.52. The molecule has 0 saturated carbocycles. The van der Waals surface area contributed by atoms with Gasteiger partial charge >= 0.3 is 0 Å². The quantitative estimate of drug-likeness (QED) is 0.516. The third-order valence-corrected chi connectivity index (χ3v) is 3.94. The van der Waals surface area contributed by atoms with Crippen LogP contribution in [0.2, 0.25) is 0 Å². The van der Waals surface area contributed by atoms with E-state index >= 15 is 0 Å². The highest BCUT2D eigenvalue weighted by molar-refractivity contribution is 5.99. The Bertz CT molecular complexity index is 935. The minimum atomic E-state index is -0.360. The summed E-state index contributed by atoms with van der Waals surface area (Å²) in [5, 5.41) is 13.5. The molecule has 0 aliphatic carbocycles. The van der Waals surface area contributed by atoms with Crippen molar-refractivity contribution < 1.29 is 14.6 Å². The van der Waals surface area contributed by atoms with E-state index in [2.05, 4.69) is 10.5 Å². The Labute approximate surface area is 157 Å². The molecule has 0 aromatic heterocycles. The van der Waals surface area contributed by atoms with Gasteiger partial charge < -0.3 is 9.84 Å². The summed E-state index contributed by atoms with van der Waals surface area (Å²) in [4.78, 5) is 11.9. The Morgan fingerprint density at radius 3 is 2.37 bits per heavy atom. The zero-order valence-electron chi connectivity index (χ0n) is 14.9. The van der Waals surface area contributed by atoms with Crippen molar-refractivity contribution >= 4 is 11.6 Å². The molecule has 0 unspecified atom stereocenters. The van der Waals surface area contributed by atoms with Crippen LogP contribution in [0.3, 0.4) is 0 Å². The summed E-state index contributed by atoms with van der Waals surface area (Å²) < 4.78 is 5.49. The number of amides is 1. The van der Waals surface area contributed by atoms with Crippen LogP contribution >= 0.6 is 0 Å². The van der Waals surface area contributed by atoms with Crippen LogP contribution < -0.4 is 10.2 Å². The fraction of sp³-hybridized carbons (Fsp3) is 0.0909. The van der Waals surface area contributed by atoms with Crippen molar-refractivity contribution in [3.05, 3.63) is 84.4 Å². The zero-order chi connectivity index (χ0) is 19.1. The van der Waals surface area contributed by atoms with Crippen LogP contribution in [0.4, 0.5) is 0 Å². The molecule has 0 atom stereocenters. The largest absolute Gasteiger partial charge is 0.508 e. The van der Waals surface area contributed by atoms with E-state index in [1.165, 1.54) is 0 Å². The molecular formula is C22H20N2O3. The predicted molar refractivity (Wildman–Crippen MR) is 106 cm³/mol. The Kier molecular flexibility index (Phi) is 5.84. The third-order valence-electron chi connectivity index (χ3n) is 3.94. The molecule has 0 saturated heterocycles. The van der Waals surface area contributed by atoms with E-state index in [-0.39, 0.29) is 18.3 Å². The normalized spacial score (nSPS) is 11.1. The first-order valence-corrected chi connectivity index (χ1v) is 8.52. The molecule has 0 aliphatic heterocycles. The van der Waals surface area contributed by atoms with Gasteiger partial charge in [-0.15, -0.1) is 0 Å². The number of hydrogen-bond acceptors (Lipinski definition) is 4. The number of hydrazone groups is 1. The molecule has 0 aliphatic rings. The highest BCUT2D eigenvalue weighted by atomic mass is 16.5. The van der Waals surface area contributed by atoms with Crippen LogP contribution in [-0.2, 0) is 4.79 Å². The molecule has 5 nitrogen and oxygen atoms in total. The monoisotopic (exact) mass is 360 g/mol. The maximum absolute atomic E-state index is 11.9. The van der Waals surface area contributed by atoms with Crippen molar-refractivity contribution in [2.24, 2.45) is 5.10 Å². The van der Waals surface area contributed by atoms with Crippen LogP contribution in [0.15, 0.2) is 84.0 Å². The number of phenolic OH excluding ortho intramolecular Hbond substituents is 1. The molecule has 1 amide bonds. The molecule has 0 radical (unpaired) electrons. The summed E-state index contributed by atoms with van der Waals surface area (Å²) in [5.74, 6) is 0.399. The van der Waals surface area contributed by atoms with Gasteiger partial charge in [0.15, 0.2) is 6.61 Å². The van der Waals surface area contributed by atoms with Gasteiger partial charge in [-0.05, 0) is 42.3 Å². The molecule has 0 fully saturated rings. The van der Waals surface area contributed by atoms with Crippen molar-refractivity contribution in [2.75, 3.05) is 6.61 Å². The van der Waals surface area contributed by atoms with Gasteiger partial charge in [-0.2, -0.15) is 5.10 Å². The van der Waals surface area contributed by atoms with Crippen molar-refractivity contribution in [2.45, 2.75) is 6.92 Å². The SMILES string of the molecule is C/C(=N/NC(=O)COc1ccc(-c2ccccc2)cc1)c1cccc(O)c1. The van der Waals surface area contributed by atoms with Gasteiger partial charge in [0.25, 0.3) is 5.91 Å². The molecular weight excluding hydrogens is 340 g/mol. The lowest BCUT2D eigenvalue weighted by Gasteiger charge is -2.07. The summed E-state index contributed by atoms with van der Waals surface area (Å²) in [7, 11) is 0. The second kappa shape index (κ2) is 8.67. The molecule has 3 aromatic carbocycles. The number of aromatic hydroxyl groups is 1. The second-order valence-corrected chi connectivity index (χ2v) is 5.96. The van der Waals surface area contributed by atoms with E-state index in [0.717, 1.165) is 16.7 Å². The van der Waals surface area contributed by atoms with Crippen LogP contribution in [-0.4, -0.2) is 23.3 Å². The lowest BCUT2D eigenvalue weighted by atomic mass is 10.1. The second-order valence-electron chi connectivity index (χ2n) is 5.96. The molecule has 27 heavy (non-hydrogen) atoms. The summed E-state index contributed by atoms with van der Waals surface area (Å²) >= 11 is 0. The minimum absolute atomic E-state index is 0.137. The number of carbonyl (C=O) groups excluding carboxylic acids is 1. The number of carbonyl (C=O) groups is 1. The fourth-order valence-corrected chi connectivity index (χ4v) is 2.50. The molecule has 0 heterocycles. The van der Waals surface area contributed by atoms with E-state index < -0.39 is 0 Å². The topological polar surface area (TPSA) is 70.9 Å². The standard InChI is InChI=1S/C22H20N2O3/c1-16(19-8-5-9-20(25)14-19)23-24-22(26)15-27-21-12-10-18(11-13-21)17-6-3-2-4-7-17/h2-14,25H,15H2,1H3,(H,24,26)/b23-16-. The minimum Gasteiger partial charge on any atom is -0.508 e. The maximum Gasteiger partial charge on any atom is 0.277 e. The number of nitrogens with zero attached hydrogens (tertiary/aromatic N) is 1. The van der Waals surface area contributed by atoms with Gasteiger partial charge in [0.05, 0.1) is 5.71 Å². The number of nitrogens with one attached hydrogen (secondary N) is 1. The Balaban J connectivity index is 1.52.